The van der Waals surface area contributed by atoms with Crippen molar-refractivity contribution in [1.82, 2.24) is 10.2 Å². The molecule has 1 aliphatic rings. The standard InChI is InChI=1S/C20H22N2O4/c23-19(21-11-13-22-12-6-14-25-20(22)24)17-9-4-5-10-18(17)26-15-16-7-2-1-3-8-16/h1-5,7-10H,6,11-15H2,(H,21,23). The van der Waals surface area contributed by atoms with Crippen LogP contribution in [0.5, 0.6) is 5.75 Å². The zero-order valence-corrected chi connectivity index (χ0v) is 14.5. The van der Waals surface area contributed by atoms with Gasteiger partial charge in [-0.25, -0.2) is 4.79 Å². The van der Waals surface area contributed by atoms with Crippen LogP contribution in [0.3, 0.4) is 0 Å². The number of cyclic esters (lactones) is 1. The lowest BCUT2D eigenvalue weighted by Crippen LogP contribution is -2.42. The molecule has 26 heavy (non-hydrogen) atoms. The van der Waals surface area contributed by atoms with Gasteiger partial charge in [0.1, 0.15) is 12.4 Å². The minimum absolute atomic E-state index is 0.223. The molecule has 2 aromatic rings. The Morgan fingerprint density at radius 2 is 1.88 bits per heavy atom. The summed E-state index contributed by atoms with van der Waals surface area (Å²) in [5.41, 5.74) is 1.51. The largest absolute Gasteiger partial charge is 0.488 e. The highest BCUT2D eigenvalue weighted by Gasteiger charge is 2.19. The molecule has 0 bridgehead atoms. The van der Waals surface area contributed by atoms with Crippen LogP contribution in [0.4, 0.5) is 4.79 Å². The summed E-state index contributed by atoms with van der Waals surface area (Å²) in [6.45, 7) is 2.31. The lowest BCUT2D eigenvalue weighted by atomic mass is 10.2. The molecule has 0 aromatic heterocycles. The molecule has 1 saturated heterocycles. The molecule has 6 heteroatoms. The van der Waals surface area contributed by atoms with Gasteiger partial charge in [-0.15, -0.1) is 0 Å². The Morgan fingerprint density at radius 3 is 2.69 bits per heavy atom. The van der Waals surface area contributed by atoms with E-state index in [0.717, 1.165) is 12.0 Å². The molecule has 0 aliphatic carbocycles. The average molecular weight is 354 g/mol. The summed E-state index contributed by atoms with van der Waals surface area (Å²) in [4.78, 5) is 25.7. The number of nitrogens with zero attached hydrogens (tertiary/aromatic N) is 1. The van der Waals surface area contributed by atoms with Crippen molar-refractivity contribution >= 4 is 12.0 Å². The highest BCUT2D eigenvalue weighted by Crippen LogP contribution is 2.19. The van der Waals surface area contributed by atoms with E-state index in [1.54, 1.807) is 23.1 Å². The van der Waals surface area contributed by atoms with E-state index in [4.69, 9.17) is 9.47 Å². The number of carbonyl (C=O) groups is 2. The summed E-state index contributed by atoms with van der Waals surface area (Å²) < 4.78 is 10.8. The van der Waals surface area contributed by atoms with E-state index in [0.29, 0.717) is 44.2 Å². The number of rotatable bonds is 7. The quantitative estimate of drug-likeness (QED) is 0.830. The second-order valence-electron chi connectivity index (χ2n) is 5.98. The maximum Gasteiger partial charge on any atom is 0.409 e. The van der Waals surface area contributed by atoms with Crippen molar-refractivity contribution in [1.29, 1.82) is 0 Å². The van der Waals surface area contributed by atoms with Crippen LogP contribution >= 0.6 is 0 Å². The molecule has 0 atom stereocenters. The van der Waals surface area contributed by atoms with Crippen molar-refractivity contribution in [2.75, 3.05) is 26.2 Å². The van der Waals surface area contributed by atoms with E-state index in [-0.39, 0.29) is 12.0 Å². The van der Waals surface area contributed by atoms with E-state index in [1.807, 2.05) is 36.4 Å². The first-order valence-electron chi connectivity index (χ1n) is 8.70. The monoisotopic (exact) mass is 354 g/mol. The predicted molar refractivity (Wildman–Crippen MR) is 97.1 cm³/mol. The van der Waals surface area contributed by atoms with Gasteiger partial charge in [0.15, 0.2) is 0 Å². The summed E-state index contributed by atoms with van der Waals surface area (Å²) in [5.74, 6) is 0.310. The van der Waals surface area contributed by atoms with Crippen molar-refractivity contribution in [2.45, 2.75) is 13.0 Å². The lowest BCUT2D eigenvalue weighted by molar-refractivity contribution is 0.0719. The molecule has 0 saturated carbocycles. The van der Waals surface area contributed by atoms with E-state index >= 15 is 0 Å². The molecule has 2 aromatic carbocycles. The minimum atomic E-state index is -0.322. The van der Waals surface area contributed by atoms with Gasteiger partial charge in [0.05, 0.1) is 12.2 Å². The highest BCUT2D eigenvalue weighted by molar-refractivity contribution is 5.96. The molecule has 6 nitrogen and oxygen atoms in total. The predicted octanol–water partition coefficient (Wildman–Crippen LogP) is 2.84. The first-order chi connectivity index (χ1) is 12.7. The van der Waals surface area contributed by atoms with Crippen molar-refractivity contribution < 1.29 is 19.1 Å². The van der Waals surface area contributed by atoms with E-state index in [9.17, 15) is 9.59 Å². The van der Waals surface area contributed by atoms with Crippen molar-refractivity contribution in [2.24, 2.45) is 0 Å². The second kappa shape index (κ2) is 8.89. The van der Waals surface area contributed by atoms with Gasteiger partial charge in [-0.1, -0.05) is 42.5 Å². The third-order valence-corrected chi connectivity index (χ3v) is 4.09. The minimum Gasteiger partial charge on any atom is -0.488 e. The zero-order valence-electron chi connectivity index (χ0n) is 14.5. The number of para-hydroxylation sites is 1. The normalized spacial score (nSPS) is 13.8. The van der Waals surface area contributed by atoms with Crippen LogP contribution in [0.1, 0.15) is 22.3 Å². The second-order valence-corrected chi connectivity index (χ2v) is 5.98. The van der Waals surface area contributed by atoms with Crippen LogP contribution in [0.15, 0.2) is 54.6 Å². The summed E-state index contributed by atoms with van der Waals surface area (Å²) in [6.07, 6.45) is 0.493. The van der Waals surface area contributed by atoms with Crippen LogP contribution in [-0.4, -0.2) is 43.1 Å². The van der Waals surface area contributed by atoms with Gasteiger partial charge >= 0.3 is 6.09 Å². The third-order valence-electron chi connectivity index (χ3n) is 4.09. The fourth-order valence-corrected chi connectivity index (χ4v) is 2.72. The first kappa shape index (κ1) is 17.8. The summed E-state index contributed by atoms with van der Waals surface area (Å²) in [6, 6.07) is 16.9. The molecule has 1 N–H and O–H groups in total. The van der Waals surface area contributed by atoms with Gasteiger partial charge < -0.3 is 19.7 Å². The van der Waals surface area contributed by atoms with Crippen LogP contribution in [-0.2, 0) is 11.3 Å². The Bertz CT molecular complexity index is 748. The van der Waals surface area contributed by atoms with Crippen LogP contribution < -0.4 is 10.1 Å². The molecule has 1 heterocycles. The lowest BCUT2D eigenvalue weighted by Gasteiger charge is -2.26. The van der Waals surface area contributed by atoms with Crippen molar-refractivity contribution in [3.8, 4) is 5.75 Å². The topological polar surface area (TPSA) is 67.9 Å². The Labute approximate surface area is 152 Å². The van der Waals surface area contributed by atoms with Gasteiger partial charge in [0, 0.05) is 19.6 Å². The average Bonchev–Trinajstić information content (AvgIpc) is 2.69. The van der Waals surface area contributed by atoms with Gasteiger partial charge in [0.25, 0.3) is 5.91 Å². The summed E-state index contributed by atoms with van der Waals surface area (Å²) in [5, 5.41) is 2.84. The number of amides is 2. The number of nitrogens with one attached hydrogen (secondary N) is 1. The zero-order chi connectivity index (χ0) is 18.2. The first-order valence-corrected chi connectivity index (χ1v) is 8.70. The Morgan fingerprint density at radius 1 is 1.12 bits per heavy atom. The van der Waals surface area contributed by atoms with Crippen LogP contribution in [0.25, 0.3) is 0 Å². The molecular formula is C20H22N2O4. The maximum absolute atomic E-state index is 12.5. The summed E-state index contributed by atoms with van der Waals surface area (Å²) in [7, 11) is 0. The molecule has 0 spiro atoms. The van der Waals surface area contributed by atoms with Gasteiger partial charge in [-0.05, 0) is 24.1 Å². The van der Waals surface area contributed by atoms with E-state index in [1.165, 1.54) is 0 Å². The van der Waals surface area contributed by atoms with Crippen molar-refractivity contribution in [3.05, 3.63) is 65.7 Å². The molecule has 2 amide bonds. The van der Waals surface area contributed by atoms with Crippen LogP contribution in [0.2, 0.25) is 0 Å². The molecule has 1 aliphatic heterocycles. The molecule has 0 unspecified atom stereocenters. The van der Waals surface area contributed by atoms with Gasteiger partial charge in [-0.2, -0.15) is 0 Å². The Balaban J connectivity index is 1.54. The van der Waals surface area contributed by atoms with Crippen molar-refractivity contribution in [3.63, 3.8) is 0 Å². The maximum atomic E-state index is 12.5. The number of hydrogen-bond donors (Lipinski definition) is 1. The molecule has 0 radical (unpaired) electrons. The fraction of sp³-hybridized carbons (Fsp3) is 0.300. The SMILES string of the molecule is O=C(NCCN1CCCOC1=O)c1ccccc1OCc1ccccc1. The summed E-state index contributed by atoms with van der Waals surface area (Å²) >= 11 is 0. The number of carbonyl (C=O) groups excluding carboxylic acids is 2. The highest BCUT2D eigenvalue weighted by atomic mass is 16.6. The van der Waals surface area contributed by atoms with Gasteiger partial charge in [-0.3, -0.25) is 4.79 Å². The van der Waals surface area contributed by atoms with E-state index in [2.05, 4.69) is 5.32 Å². The number of benzene rings is 2. The molecular weight excluding hydrogens is 332 g/mol. The number of ether oxygens (including phenoxy) is 2. The van der Waals surface area contributed by atoms with Gasteiger partial charge in [0.2, 0.25) is 0 Å². The number of hydrogen-bond acceptors (Lipinski definition) is 4. The van der Waals surface area contributed by atoms with Crippen LogP contribution in [0, 0.1) is 0 Å². The Hall–Kier alpha value is -3.02. The Kier molecular flexibility index (Phi) is 6.09. The van der Waals surface area contributed by atoms with E-state index < -0.39 is 0 Å². The fourth-order valence-electron chi connectivity index (χ4n) is 2.72. The third kappa shape index (κ3) is 4.75. The molecule has 3 rings (SSSR count). The molecule has 136 valence electrons. The smallest absolute Gasteiger partial charge is 0.409 e. The molecule has 1 fully saturated rings.